The Balaban J connectivity index is 2.08. The monoisotopic (exact) mass is 255 g/mol. The molecular formula is C16H21N3. The first-order valence-corrected chi connectivity index (χ1v) is 6.86. The van der Waals surface area contributed by atoms with E-state index < -0.39 is 0 Å². The maximum atomic E-state index is 6.28. The number of aryl methyl sites for hydroxylation is 1. The molecule has 1 heterocycles. The third-order valence-electron chi connectivity index (χ3n) is 4.00. The van der Waals surface area contributed by atoms with E-state index in [0.29, 0.717) is 0 Å². The summed E-state index contributed by atoms with van der Waals surface area (Å²) in [5, 5.41) is 4.55. The first-order valence-electron chi connectivity index (χ1n) is 6.86. The van der Waals surface area contributed by atoms with Crippen molar-refractivity contribution in [1.82, 2.24) is 9.78 Å². The average molecular weight is 255 g/mol. The first-order chi connectivity index (χ1) is 8.96. The predicted molar refractivity (Wildman–Crippen MR) is 77.3 cm³/mol. The number of nitrogens with zero attached hydrogens (tertiary/aromatic N) is 2. The lowest BCUT2D eigenvalue weighted by atomic mass is 9.74. The quantitative estimate of drug-likeness (QED) is 0.850. The summed E-state index contributed by atoms with van der Waals surface area (Å²) in [6, 6.07) is 8.60. The average Bonchev–Trinajstić information content (AvgIpc) is 2.72. The van der Waals surface area contributed by atoms with Gasteiger partial charge < -0.3 is 5.73 Å². The first kappa shape index (κ1) is 12.4. The molecule has 0 aliphatic heterocycles. The van der Waals surface area contributed by atoms with Gasteiger partial charge in [0.25, 0.3) is 0 Å². The molecule has 3 rings (SSSR count). The Bertz CT molecular complexity index is 593. The zero-order valence-corrected chi connectivity index (χ0v) is 11.9. The minimum absolute atomic E-state index is 0.109. The normalized spacial score (nSPS) is 21.2. The number of hydrogen-bond acceptors (Lipinski definition) is 2. The van der Waals surface area contributed by atoms with Crippen molar-refractivity contribution in [2.24, 2.45) is 11.1 Å². The number of benzene rings is 1. The van der Waals surface area contributed by atoms with Gasteiger partial charge in [-0.05, 0) is 37.3 Å². The van der Waals surface area contributed by atoms with E-state index in [4.69, 9.17) is 5.73 Å². The van der Waals surface area contributed by atoms with Crippen molar-refractivity contribution in [1.29, 1.82) is 0 Å². The molecule has 19 heavy (non-hydrogen) atoms. The lowest BCUT2D eigenvalue weighted by Crippen LogP contribution is -2.30. The van der Waals surface area contributed by atoms with Crippen molar-refractivity contribution in [2.45, 2.75) is 39.7 Å². The van der Waals surface area contributed by atoms with Crippen LogP contribution in [-0.4, -0.2) is 9.78 Å². The van der Waals surface area contributed by atoms with Crippen LogP contribution >= 0.6 is 0 Å². The fourth-order valence-corrected chi connectivity index (χ4v) is 3.01. The lowest BCUT2D eigenvalue weighted by Gasteiger charge is -2.33. The molecule has 0 saturated carbocycles. The van der Waals surface area contributed by atoms with Crippen LogP contribution in [0.5, 0.6) is 0 Å². The summed E-state index contributed by atoms with van der Waals surface area (Å²) in [6.07, 6.45) is 4.00. The van der Waals surface area contributed by atoms with E-state index in [9.17, 15) is 0 Å². The summed E-state index contributed by atoms with van der Waals surface area (Å²) in [4.78, 5) is 0. The van der Waals surface area contributed by atoms with Crippen LogP contribution in [0.25, 0.3) is 5.69 Å². The maximum absolute atomic E-state index is 6.28. The second kappa shape index (κ2) is 4.20. The van der Waals surface area contributed by atoms with Crippen LogP contribution in [-0.2, 0) is 6.42 Å². The molecule has 3 nitrogen and oxygen atoms in total. The van der Waals surface area contributed by atoms with Crippen molar-refractivity contribution >= 4 is 0 Å². The van der Waals surface area contributed by atoms with Crippen molar-refractivity contribution in [2.75, 3.05) is 0 Å². The van der Waals surface area contributed by atoms with Gasteiger partial charge in [0.2, 0.25) is 0 Å². The topological polar surface area (TPSA) is 43.8 Å². The van der Waals surface area contributed by atoms with Crippen molar-refractivity contribution in [3.63, 3.8) is 0 Å². The summed E-state index contributed by atoms with van der Waals surface area (Å²) in [5.74, 6) is 0. The predicted octanol–water partition coefficient (Wildman–Crippen LogP) is 3.15. The molecule has 1 aliphatic carbocycles. The third-order valence-corrected chi connectivity index (χ3v) is 4.00. The van der Waals surface area contributed by atoms with Crippen LogP contribution in [0.2, 0.25) is 0 Å². The van der Waals surface area contributed by atoms with Gasteiger partial charge in [-0.25, -0.2) is 4.68 Å². The fraction of sp³-hybridized carbons (Fsp3) is 0.438. The minimum Gasteiger partial charge on any atom is -0.324 e. The summed E-state index contributed by atoms with van der Waals surface area (Å²) in [6.45, 7) is 6.66. The van der Waals surface area contributed by atoms with Crippen molar-refractivity contribution < 1.29 is 0 Å². The van der Waals surface area contributed by atoms with Gasteiger partial charge in [0.1, 0.15) is 0 Å². The van der Waals surface area contributed by atoms with E-state index in [1.165, 1.54) is 16.8 Å². The molecule has 1 aliphatic rings. The van der Waals surface area contributed by atoms with Crippen molar-refractivity contribution in [3.05, 3.63) is 47.3 Å². The Kier molecular flexibility index (Phi) is 2.75. The molecular weight excluding hydrogens is 234 g/mol. The number of hydrogen-bond donors (Lipinski definition) is 1. The molecule has 0 radical (unpaired) electrons. The SMILES string of the molecule is Cc1ccc(-n2ncc3c2CC(C)(C)CC3N)cc1. The molecule has 3 heteroatoms. The van der Waals surface area contributed by atoms with E-state index in [0.717, 1.165) is 18.5 Å². The van der Waals surface area contributed by atoms with E-state index in [-0.39, 0.29) is 11.5 Å². The molecule has 1 aromatic carbocycles. The van der Waals surface area contributed by atoms with Crippen LogP contribution in [0.1, 0.15) is 43.1 Å². The van der Waals surface area contributed by atoms with Gasteiger partial charge in [-0.3, -0.25) is 0 Å². The molecule has 2 N–H and O–H groups in total. The van der Waals surface area contributed by atoms with Gasteiger partial charge in [0, 0.05) is 17.3 Å². The number of rotatable bonds is 1. The van der Waals surface area contributed by atoms with E-state index in [1.54, 1.807) is 0 Å². The summed E-state index contributed by atoms with van der Waals surface area (Å²) < 4.78 is 2.05. The Morgan fingerprint density at radius 3 is 2.63 bits per heavy atom. The van der Waals surface area contributed by atoms with Crippen LogP contribution in [0.15, 0.2) is 30.5 Å². The van der Waals surface area contributed by atoms with Gasteiger partial charge in [-0.15, -0.1) is 0 Å². The highest BCUT2D eigenvalue weighted by atomic mass is 15.3. The summed E-state index contributed by atoms with van der Waals surface area (Å²) in [7, 11) is 0. The molecule has 0 saturated heterocycles. The highest BCUT2D eigenvalue weighted by Crippen LogP contribution is 2.40. The van der Waals surface area contributed by atoms with Crippen LogP contribution in [0.4, 0.5) is 0 Å². The largest absolute Gasteiger partial charge is 0.324 e. The smallest absolute Gasteiger partial charge is 0.0649 e. The molecule has 1 unspecified atom stereocenters. The Hall–Kier alpha value is -1.61. The van der Waals surface area contributed by atoms with Crippen LogP contribution < -0.4 is 5.73 Å². The number of fused-ring (bicyclic) bond motifs is 1. The highest BCUT2D eigenvalue weighted by molar-refractivity contribution is 5.39. The van der Waals surface area contributed by atoms with Gasteiger partial charge in [-0.2, -0.15) is 5.10 Å². The van der Waals surface area contributed by atoms with Gasteiger partial charge in [-0.1, -0.05) is 31.5 Å². The molecule has 0 bridgehead atoms. The number of aromatic nitrogens is 2. The maximum Gasteiger partial charge on any atom is 0.0649 e. The number of nitrogens with two attached hydrogens (primary N) is 1. The minimum atomic E-state index is 0.109. The van der Waals surface area contributed by atoms with Gasteiger partial charge in [0.15, 0.2) is 0 Å². The van der Waals surface area contributed by atoms with Crippen LogP contribution in [0, 0.1) is 12.3 Å². The Morgan fingerprint density at radius 2 is 1.95 bits per heavy atom. The van der Waals surface area contributed by atoms with E-state index in [2.05, 4.69) is 54.8 Å². The zero-order valence-electron chi connectivity index (χ0n) is 11.9. The Labute approximate surface area is 114 Å². The fourth-order valence-electron chi connectivity index (χ4n) is 3.01. The van der Waals surface area contributed by atoms with Gasteiger partial charge in [0.05, 0.1) is 11.9 Å². The molecule has 0 spiro atoms. The van der Waals surface area contributed by atoms with Crippen molar-refractivity contribution in [3.8, 4) is 5.69 Å². The zero-order chi connectivity index (χ0) is 13.6. The second-order valence-electron chi connectivity index (χ2n) is 6.45. The van der Waals surface area contributed by atoms with Gasteiger partial charge >= 0.3 is 0 Å². The lowest BCUT2D eigenvalue weighted by molar-refractivity contribution is 0.278. The second-order valence-corrected chi connectivity index (χ2v) is 6.45. The standard InChI is InChI=1S/C16H21N3/c1-11-4-6-12(7-5-11)19-15-9-16(2,3)8-14(17)13(15)10-18-19/h4-7,10,14H,8-9,17H2,1-3H3. The Morgan fingerprint density at radius 1 is 1.26 bits per heavy atom. The summed E-state index contributed by atoms with van der Waals surface area (Å²) in [5.41, 5.74) is 11.4. The van der Waals surface area contributed by atoms with E-state index >= 15 is 0 Å². The molecule has 100 valence electrons. The van der Waals surface area contributed by atoms with E-state index in [1.807, 2.05) is 6.20 Å². The molecule has 0 fully saturated rings. The summed E-state index contributed by atoms with van der Waals surface area (Å²) >= 11 is 0. The molecule has 2 aromatic rings. The molecule has 1 atom stereocenters. The molecule has 1 aromatic heterocycles. The van der Waals surface area contributed by atoms with Crippen LogP contribution in [0.3, 0.4) is 0 Å². The highest BCUT2D eigenvalue weighted by Gasteiger charge is 2.33. The molecule has 0 amide bonds. The third kappa shape index (κ3) is 2.19.